The smallest absolute Gasteiger partial charge is 0.120 e. The Bertz CT molecular complexity index is 971. The summed E-state index contributed by atoms with van der Waals surface area (Å²) in [5.41, 5.74) is 5.88. The molecule has 0 saturated heterocycles. The lowest BCUT2D eigenvalue weighted by Crippen LogP contribution is -2.36. The summed E-state index contributed by atoms with van der Waals surface area (Å²) in [6, 6.07) is 7.06. The normalized spacial score (nSPS) is 15.3. The highest BCUT2D eigenvalue weighted by Crippen LogP contribution is 2.29. The van der Waals surface area contributed by atoms with Crippen LogP contribution in [0.15, 0.2) is 41.2 Å². The predicted octanol–water partition coefficient (Wildman–Crippen LogP) is 4.99. The van der Waals surface area contributed by atoms with Gasteiger partial charge in [0.1, 0.15) is 11.7 Å². The molecule has 2 aromatic rings. The molecule has 1 aliphatic heterocycles. The van der Waals surface area contributed by atoms with Gasteiger partial charge in [-0.1, -0.05) is 43.7 Å². The number of unbranched alkanes of at least 4 members (excludes halogenated alkanes) is 1. The van der Waals surface area contributed by atoms with E-state index in [4.69, 9.17) is 4.99 Å². The number of allylic oxidation sites excluding steroid dienone is 1. The van der Waals surface area contributed by atoms with E-state index in [1.165, 1.54) is 74.3 Å². The molecule has 0 bridgehead atoms. The average molecular weight is 477 g/mol. The van der Waals surface area contributed by atoms with E-state index < -0.39 is 0 Å². The van der Waals surface area contributed by atoms with Crippen molar-refractivity contribution in [1.82, 2.24) is 24.7 Å². The molecule has 0 fully saturated rings. The fourth-order valence-electron chi connectivity index (χ4n) is 5.35. The number of H-pyrrole nitrogens is 1. The van der Waals surface area contributed by atoms with E-state index in [9.17, 15) is 0 Å². The van der Waals surface area contributed by atoms with Crippen LogP contribution in [-0.4, -0.2) is 76.8 Å². The number of amidine groups is 1. The number of hydrogen-bond acceptors (Lipinski definition) is 5. The van der Waals surface area contributed by atoms with Crippen molar-refractivity contribution in [2.75, 3.05) is 46.3 Å². The van der Waals surface area contributed by atoms with E-state index in [2.05, 4.69) is 69.8 Å². The van der Waals surface area contributed by atoms with Gasteiger partial charge in [-0.25, -0.2) is 4.98 Å². The zero-order valence-corrected chi connectivity index (χ0v) is 22.1. The first kappa shape index (κ1) is 25.6. The van der Waals surface area contributed by atoms with Crippen LogP contribution in [0, 0.1) is 0 Å². The van der Waals surface area contributed by atoms with Crippen molar-refractivity contribution in [2.45, 2.75) is 65.5 Å². The molecule has 1 aliphatic carbocycles. The fraction of sp³-hybridized carbons (Fsp3) is 0.586. The van der Waals surface area contributed by atoms with Gasteiger partial charge in [0.15, 0.2) is 0 Å². The number of hydrogen-bond donors (Lipinski definition) is 1. The lowest BCUT2D eigenvalue weighted by Gasteiger charge is -2.24. The summed E-state index contributed by atoms with van der Waals surface area (Å²) < 4.78 is 0. The molecule has 0 amide bonds. The summed E-state index contributed by atoms with van der Waals surface area (Å²) in [7, 11) is 2.14. The maximum absolute atomic E-state index is 4.72. The monoisotopic (exact) mass is 476 g/mol. The topological polar surface area (TPSA) is 50.8 Å². The minimum Gasteiger partial charge on any atom is -0.360 e. The van der Waals surface area contributed by atoms with Crippen LogP contribution in [0.1, 0.15) is 68.5 Å². The van der Waals surface area contributed by atoms with E-state index in [1.807, 2.05) is 12.4 Å². The molecule has 1 aromatic heterocycles. The van der Waals surface area contributed by atoms with Crippen LogP contribution in [0.25, 0.3) is 6.08 Å². The molecule has 2 heterocycles. The zero-order chi connectivity index (χ0) is 24.5. The van der Waals surface area contributed by atoms with Crippen molar-refractivity contribution in [3.05, 3.63) is 58.7 Å². The Morgan fingerprint density at radius 3 is 2.57 bits per heavy atom. The Labute approximate surface area is 212 Å². The third kappa shape index (κ3) is 7.52. The van der Waals surface area contributed by atoms with E-state index >= 15 is 0 Å². The molecule has 0 saturated carbocycles. The number of imidazole rings is 1. The first-order chi connectivity index (χ1) is 17.1. The van der Waals surface area contributed by atoms with E-state index in [1.54, 1.807) is 5.57 Å². The standard InChI is InChI=1S/C29H44N6/c1-4-14-34(15-5-2)16-7-6-8-24-18-26-10-9-25(20-27(26)19-24)21-35(22-28-30-11-12-31-28)23-29-32-13-17-33(29)3/h9-12,18,20H,4-8,13-17,19,21-23H2,1-3H3,(H,30,31). The molecule has 4 rings (SSSR count). The molecule has 0 atom stereocenters. The molecule has 6 heteroatoms. The Morgan fingerprint density at radius 2 is 1.86 bits per heavy atom. The molecule has 1 N–H and O–H groups in total. The van der Waals surface area contributed by atoms with Gasteiger partial charge in [-0.05, 0) is 74.8 Å². The molecule has 2 aliphatic rings. The van der Waals surface area contributed by atoms with Gasteiger partial charge in [0.05, 0.1) is 19.6 Å². The predicted molar refractivity (Wildman–Crippen MR) is 147 cm³/mol. The first-order valence-electron chi connectivity index (χ1n) is 13.6. The lowest BCUT2D eigenvalue weighted by molar-refractivity contribution is 0.269. The van der Waals surface area contributed by atoms with Crippen LogP contribution in [0.2, 0.25) is 0 Å². The summed E-state index contributed by atoms with van der Waals surface area (Å²) in [5, 5.41) is 0. The van der Waals surface area contributed by atoms with Crippen LogP contribution in [0.3, 0.4) is 0 Å². The van der Waals surface area contributed by atoms with Crippen molar-refractivity contribution in [2.24, 2.45) is 4.99 Å². The fourth-order valence-corrected chi connectivity index (χ4v) is 5.35. The number of fused-ring (bicyclic) bond motifs is 1. The van der Waals surface area contributed by atoms with Gasteiger partial charge in [-0.3, -0.25) is 9.89 Å². The number of nitrogens with zero attached hydrogens (tertiary/aromatic N) is 5. The summed E-state index contributed by atoms with van der Waals surface area (Å²) in [4.78, 5) is 19.8. The lowest BCUT2D eigenvalue weighted by atomic mass is 10.0. The molecular formula is C29H44N6. The SMILES string of the molecule is CCCN(CCC)CCCCC1=Cc2ccc(CN(CC3=NCCN3C)Cc3ncc[nH]3)cc2C1. The van der Waals surface area contributed by atoms with Gasteiger partial charge in [0, 0.05) is 32.5 Å². The van der Waals surface area contributed by atoms with Crippen LogP contribution in [0.4, 0.5) is 0 Å². The highest BCUT2D eigenvalue weighted by atomic mass is 15.3. The quantitative estimate of drug-likeness (QED) is 0.368. The van der Waals surface area contributed by atoms with Gasteiger partial charge in [0.2, 0.25) is 0 Å². The van der Waals surface area contributed by atoms with Crippen molar-refractivity contribution in [3.8, 4) is 0 Å². The van der Waals surface area contributed by atoms with E-state index in [-0.39, 0.29) is 0 Å². The Balaban J connectivity index is 1.30. The van der Waals surface area contributed by atoms with Gasteiger partial charge < -0.3 is 14.8 Å². The highest BCUT2D eigenvalue weighted by molar-refractivity contribution is 5.85. The van der Waals surface area contributed by atoms with Crippen molar-refractivity contribution in [3.63, 3.8) is 0 Å². The van der Waals surface area contributed by atoms with Gasteiger partial charge in [-0.15, -0.1) is 0 Å². The number of aromatic nitrogens is 2. The summed E-state index contributed by atoms with van der Waals surface area (Å²) >= 11 is 0. The molecule has 190 valence electrons. The molecule has 6 nitrogen and oxygen atoms in total. The Hall–Kier alpha value is -2.44. The van der Waals surface area contributed by atoms with Crippen molar-refractivity contribution in [1.29, 1.82) is 0 Å². The van der Waals surface area contributed by atoms with Gasteiger partial charge >= 0.3 is 0 Å². The number of aromatic amines is 1. The maximum Gasteiger partial charge on any atom is 0.120 e. The maximum atomic E-state index is 4.72. The summed E-state index contributed by atoms with van der Waals surface area (Å²) in [6.45, 7) is 12.8. The zero-order valence-electron chi connectivity index (χ0n) is 22.1. The number of aliphatic imine (C=N–C) groups is 1. The first-order valence-corrected chi connectivity index (χ1v) is 13.6. The van der Waals surface area contributed by atoms with Crippen LogP contribution in [-0.2, 0) is 19.5 Å². The van der Waals surface area contributed by atoms with Gasteiger partial charge in [-0.2, -0.15) is 0 Å². The summed E-state index contributed by atoms with van der Waals surface area (Å²) in [6.07, 6.45) is 13.6. The molecule has 1 aromatic carbocycles. The number of benzene rings is 1. The second kappa shape index (κ2) is 13.0. The highest BCUT2D eigenvalue weighted by Gasteiger charge is 2.19. The molecule has 0 radical (unpaired) electrons. The molecule has 0 unspecified atom stereocenters. The van der Waals surface area contributed by atoms with Crippen molar-refractivity contribution < 1.29 is 0 Å². The van der Waals surface area contributed by atoms with Crippen LogP contribution >= 0.6 is 0 Å². The third-order valence-corrected chi connectivity index (χ3v) is 7.16. The van der Waals surface area contributed by atoms with E-state index in [0.717, 1.165) is 45.0 Å². The second-order valence-electron chi connectivity index (χ2n) is 10.2. The second-order valence-corrected chi connectivity index (χ2v) is 10.2. The molecule has 35 heavy (non-hydrogen) atoms. The largest absolute Gasteiger partial charge is 0.360 e. The molecular weight excluding hydrogens is 432 g/mol. The Kier molecular flexibility index (Phi) is 9.55. The van der Waals surface area contributed by atoms with Crippen LogP contribution < -0.4 is 0 Å². The summed E-state index contributed by atoms with van der Waals surface area (Å²) in [5.74, 6) is 2.19. The van der Waals surface area contributed by atoms with E-state index in [0.29, 0.717) is 0 Å². The minimum atomic E-state index is 0.799. The third-order valence-electron chi connectivity index (χ3n) is 7.16. The number of likely N-dealkylation sites (N-methyl/N-ethyl adjacent to an activating group) is 1. The van der Waals surface area contributed by atoms with Gasteiger partial charge in [0.25, 0.3) is 0 Å². The Morgan fingerprint density at radius 1 is 1.00 bits per heavy atom. The van der Waals surface area contributed by atoms with Crippen molar-refractivity contribution >= 4 is 11.9 Å². The minimum absolute atomic E-state index is 0.799. The number of rotatable bonds is 15. The van der Waals surface area contributed by atoms with Crippen LogP contribution in [0.5, 0.6) is 0 Å². The number of nitrogens with one attached hydrogen (secondary N) is 1. The molecule has 0 spiro atoms. The average Bonchev–Trinajstić information content (AvgIpc) is 3.59.